The molecule has 1 amide bonds. The number of amidine groups is 1. The van der Waals surface area contributed by atoms with E-state index in [1.54, 1.807) is 17.0 Å². The summed E-state index contributed by atoms with van der Waals surface area (Å²) in [4.78, 5) is 33.0. The largest absolute Gasteiger partial charge is 0.378 e. The average molecular weight is 453 g/mol. The van der Waals surface area contributed by atoms with Gasteiger partial charge in [0.15, 0.2) is 5.17 Å². The van der Waals surface area contributed by atoms with Crippen molar-refractivity contribution in [3.63, 3.8) is 0 Å². The van der Waals surface area contributed by atoms with Crippen LogP contribution in [0, 0.1) is 17.0 Å². The molecular weight excluding hydrogens is 428 g/mol. The Morgan fingerprint density at radius 2 is 1.91 bits per heavy atom. The van der Waals surface area contributed by atoms with Gasteiger partial charge in [0.25, 0.3) is 11.6 Å². The van der Waals surface area contributed by atoms with Gasteiger partial charge in [-0.2, -0.15) is 0 Å². The SMILES string of the molecule is CCN1C(=O)/C(=C\c2cc([N+](=O)[O-])ccc2N2CCOCC2)SC1=Nc1ccc(C)cc1. The van der Waals surface area contributed by atoms with Crippen molar-refractivity contribution in [2.75, 3.05) is 37.7 Å². The van der Waals surface area contributed by atoms with Crippen molar-refractivity contribution >= 4 is 46.0 Å². The van der Waals surface area contributed by atoms with Crippen LogP contribution in [-0.4, -0.2) is 53.7 Å². The molecule has 2 aliphatic heterocycles. The van der Waals surface area contributed by atoms with E-state index in [9.17, 15) is 14.9 Å². The maximum absolute atomic E-state index is 13.1. The lowest BCUT2D eigenvalue weighted by atomic mass is 10.1. The first-order valence-corrected chi connectivity index (χ1v) is 11.3. The van der Waals surface area contributed by atoms with Crippen LogP contribution in [0.1, 0.15) is 18.1 Å². The van der Waals surface area contributed by atoms with Crippen molar-refractivity contribution < 1.29 is 14.5 Å². The van der Waals surface area contributed by atoms with E-state index < -0.39 is 4.92 Å². The number of hydrogen-bond acceptors (Lipinski definition) is 7. The topological polar surface area (TPSA) is 88.3 Å². The fourth-order valence-corrected chi connectivity index (χ4v) is 4.66. The molecule has 166 valence electrons. The number of morpholine rings is 1. The van der Waals surface area contributed by atoms with Gasteiger partial charge in [-0.15, -0.1) is 0 Å². The van der Waals surface area contributed by atoms with E-state index in [1.165, 1.54) is 23.9 Å². The van der Waals surface area contributed by atoms with Gasteiger partial charge in [0.1, 0.15) is 0 Å². The van der Waals surface area contributed by atoms with Crippen molar-refractivity contribution in [2.45, 2.75) is 13.8 Å². The Kier molecular flexibility index (Phi) is 6.57. The Bertz CT molecular complexity index is 1090. The highest BCUT2D eigenvalue weighted by Crippen LogP contribution is 2.36. The molecule has 0 N–H and O–H groups in total. The first-order chi connectivity index (χ1) is 15.5. The molecule has 0 spiro atoms. The molecule has 0 atom stereocenters. The molecule has 32 heavy (non-hydrogen) atoms. The zero-order valence-corrected chi connectivity index (χ0v) is 18.8. The van der Waals surface area contributed by atoms with Crippen LogP contribution in [0.15, 0.2) is 52.4 Å². The molecule has 9 heteroatoms. The number of non-ortho nitro benzene ring substituents is 1. The van der Waals surface area contributed by atoms with E-state index in [0.717, 1.165) is 16.9 Å². The van der Waals surface area contributed by atoms with Crippen molar-refractivity contribution in [1.29, 1.82) is 0 Å². The molecular formula is C23H24N4O4S. The number of nitro benzene ring substituents is 1. The van der Waals surface area contributed by atoms with E-state index in [4.69, 9.17) is 4.74 Å². The third-order valence-electron chi connectivity index (χ3n) is 5.32. The highest BCUT2D eigenvalue weighted by molar-refractivity contribution is 8.18. The van der Waals surface area contributed by atoms with Crippen molar-refractivity contribution in [1.82, 2.24) is 4.90 Å². The van der Waals surface area contributed by atoms with Crippen LogP contribution in [0.5, 0.6) is 0 Å². The number of benzene rings is 2. The second kappa shape index (κ2) is 9.54. The van der Waals surface area contributed by atoms with Crippen molar-refractivity contribution in [3.8, 4) is 0 Å². The molecule has 2 aromatic rings. The lowest BCUT2D eigenvalue weighted by molar-refractivity contribution is -0.384. The minimum absolute atomic E-state index is 0.00908. The highest BCUT2D eigenvalue weighted by Gasteiger charge is 2.32. The van der Waals surface area contributed by atoms with Gasteiger partial charge in [-0.05, 0) is 49.9 Å². The first-order valence-electron chi connectivity index (χ1n) is 10.4. The standard InChI is InChI=1S/C23H24N4O4S/c1-3-26-22(28)21(32-23(26)24-18-6-4-16(2)5-7-18)15-17-14-19(27(29)30)8-9-20(17)25-10-12-31-13-11-25/h4-9,14-15H,3,10-13H2,1-2H3/b21-15+,24-23?. The quantitative estimate of drug-likeness (QED) is 0.380. The van der Waals surface area contributed by atoms with Crippen LogP contribution in [0.4, 0.5) is 17.1 Å². The summed E-state index contributed by atoms with van der Waals surface area (Å²) in [5, 5.41) is 12.0. The fraction of sp³-hybridized carbons (Fsp3) is 0.304. The maximum atomic E-state index is 13.1. The summed E-state index contributed by atoms with van der Waals surface area (Å²) in [6.45, 7) is 6.97. The zero-order valence-electron chi connectivity index (χ0n) is 18.0. The Balaban J connectivity index is 1.72. The Morgan fingerprint density at radius 3 is 2.56 bits per heavy atom. The number of likely N-dealkylation sites (N-methyl/N-ethyl adjacent to an activating group) is 1. The van der Waals surface area contributed by atoms with E-state index in [-0.39, 0.29) is 11.6 Å². The van der Waals surface area contributed by atoms with E-state index in [2.05, 4.69) is 9.89 Å². The molecule has 0 radical (unpaired) electrons. The number of nitro groups is 1. The average Bonchev–Trinajstić information content (AvgIpc) is 3.09. The normalized spacial score (nSPS) is 19.2. The fourth-order valence-electron chi connectivity index (χ4n) is 3.60. The second-order valence-corrected chi connectivity index (χ2v) is 8.50. The number of anilines is 1. The van der Waals surface area contributed by atoms with Crippen LogP contribution >= 0.6 is 11.8 Å². The summed E-state index contributed by atoms with van der Waals surface area (Å²) < 4.78 is 5.43. The molecule has 0 unspecified atom stereocenters. The third-order valence-corrected chi connectivity index (χ3v) is 6.33. The number of hydrogen-bond donors (Lipinski definition) is 0. The third kappa shape index (κ3) is 4.68. The maximum Gasteiger partial charge on any atom is 0.270 e. The number of carbonyl (C=O) groups excluding carboxylic acids is 1. The van der Waals surface area contributed by atoms with Gasteiger partial charge in [0.2, 0.25) is 0 Å². The lowest BCUT2D eigenvalue weighted by Gasteiger charge is -2.30. The van der Waals surface area contributed by atoms with Crippen LogP contribution < -0.4 is 4.90 Å². The highest BCUT2D eigenvalue weighted by atomic mass is 32.2. The van der Waals surface area contributed by atoms with E-state index in [1.807, 2.05) is 38.1 Å². The van der Waals surface area contributed by atoms with Gasteiger partial charge in [0, 0.05) is 43.0 Å². The molecule has 0 aliphatic carbocycles. The van der Waals surface area contributed by atoms with Gasteiger partial charge in [0.05, 0.1) is 28.7 Å². The number of thioether (sulfide) groups is 1. The van der Waals surface area contributed by atoms with E-state index in [0.29, 0.717) is 48.5 Å². The van der Waals surface area contributed by atoms with Gasteiger partial charge < -0.3 is 9.64 Å². The number of nitrogens with zero attached hydrogens (tertiary/aromatic N) is 4. The van der Waals surface area contributed by atoms with Gasteiger partial charge in [-0.3, -0.25) is 19.8 Å². The molecule has 2 aliphatic rings. The van der Waals surface area contributed by atoms with Gasteiger partial charge in [-0.25, -0.2) is 4.99 Å². The van der Waals surface area contributed by atoms with Gasteiger partial charge >= 0.3 is 0 Å². The van der Waals surface area contributed by atoms with Crippen LogP contribution in [0.3, 0.4) is 0 Å². The predicted molar refractivity (Wildman–Crippen MR) is 127 cm³/mol. The summed E-state index contributed by atoms with van der Waals surface area (Å²) >= 11 is 1.29. The molecule has 8 nitrogen and oxygen atoms in total. The molecule has 2 fully saturated rings. The van der Waals surface area contributed by atoms with Crippen LogP contribution in [0.25, 0.3) is 6.08 Å². The molecule has 0 aromatic heterocycles. The number of rotatable bonds is 5. The van der Waals surface area contributed by atoms with Crippen LogP contribution in [0.2, 0.25) is 0 Å². The Labute approximate surface area is 190 Å². The summed E-state index contributed by atoms with van der Waals surface area (Å²) in [5.41, 5.74) is 3.40. The monoisotopic (exact) mass is 452 g/mol. The number of ether oxygens (including phenoxy) is 1. The lowest BCUT2D eigenvalue weighted by Crippen LogP contribution is -2.36. The Morgan fingerprint density at radius 1 is 1.19 bits per heavy atom. The van der Waals surface area contributed by atoms with E-state index >= 15 is 0 Å². The minimum atomic E-state index is -0.419. The number of aryl methyl sites for hydroxylation is 1. The smallest absolute Gasteiger partial charge is 0.270 e. The summed E-state index contributed by atoms with van der Waals surface area (Å²) in [7, 11) is 0. The molecule has 0 saturated carbocycles. The Hall–Kier alpha value is -3.17. The van der Waals surface area contributed by atoms with Gasteiger partial charge in [-0.1, -0.05) is 17.7 Å². The van der Waals surface area contributed by atoms with Crippen molar-refractivity contribution in [2.24, 2.45) is 4.99 Å². The van der Waals surface area contributed by atoms with Crippen molar-refractivity contribution in [3.05, 3.63) is 68.6 Å². The summed E-state index contributed by atoms with van der Waals surface area (Å²) in [6, 6.07) is 12.6. The number of aliphatic imine (C=N–C) groups is 1. The molecule has 2 heterocycles. The van der Waals surface area contributed by atoms with Crippen LogP contribution in [-0.2, 0) is 9.53 Å². The second-order valence-electron chi connectivity index (χ2n) is 7.49. The predicted octanol–water partition coefficient (Wildman–Crippen LogP) is 4.36. The summed E-state index contributed by atoms with van der Waals surface area (Å²) in [5.74, 6) is -0.150. The first kappa shape index (κ1) is 22.0. The minimum Gasteiger partial charge on any atom is -0.378 e. The molecule has 2 saturated heterocycles. The molecule has 0 bridgehead atoms. The number of amides is 1. The zero-order chi connectivity index (χ0) is 22.7. The summed E-state index contributed by atoms with van der Waals surface area (Å²) in [6.07, 6.45) is 1.74. The molecule has 4 rings (SSSR count). The number of carbonyl (C=O) groups is 1. The molecule has 2 aromatic carbocycles.